The first-order valence-electron chi connectivity index (χ1n) is 22.1. The number of rotatable bonds is 26. The molecule has 65 heavy (non-hydrogen) atoms. The molecule has 0 radical (unpaired) electrons. The van der Waals surface area contributed by atoms with Crippen molar-refractivity contribution in [1.29, 1.82) is 0 Å². The van der Waals surface area contributed by atoms with E-state index in [2.05, 4.69) is 29.6 Å². The third-order valence-electron chi connectivity index (χ3n) is 11.2. The molecule has 1 aliphatic carbocycles. The monoisotopic (exact) mass is 904 g/mol. The molecule has 0 saturated heterocycles. The Morgan fingerprint density at radius 2 is 1.25 bits per heavy atom. The van der Waals surface area contributed by atoms with Gasteiger partial charge in [-0.15, -0.1) is 0 Å². The maximum atomic E-state index is 16.4. The van der Waals surface area contributed by atoms with Gasteiger partial charge in [-0.25, -0.2) is 33.2 Å². The first-order chi connectivity index (χ1) is 31.0. The van der Waals surface area contributed by atoms with Crippen molar-refractivity contribution in [3.63, 3.8) is 0 Å². The highest BCUT2D eigenvalue weighted by Gasteiger charge is 2.38. The molecule has 0 amide bonds. The van der Waals surface area contributed by atoms with Crippen LogP contribution in [0.25, 0.3) is 11.1 Å². The van der Waals surface area contributed by atoms with Gasteiger partial charge in [0.25, 0.3) is 0 Å². The number of hydrogen-bond acceptors (Lipinski definition) is 13. The van der Waals surface area contributed by atoms with E-state index < -0.39 is 67.7 Å². The molecule has 0 spiro atoms. The van der Waals surface area contributed by atoms with Crippen LogP contribution in [0.15, 0.2) is 78.9 Å². The van der Waals surface area contributed by atoms with Gasteiger partial charge in [0.05, 0.1) is 20.8 Å². The summed E-state index contributed by atoms with van der Waals surface area (Å²) in [5, 5.41) is 0. The third-order valence-corrected chi connectivity index (χ3v) is 11.2. The van der Waals surface area contributed by atoms with Crippen molar-refractivity contribution in [2.75, 3.05) is 47.3 Å². The predicted molar refractivity (Wildman–Crippen MR) is 242 cm³/mol. The number of unbranched alkanes of at least 4 members (excludes halogenated alkanes) is 2. The van der Waals surface area contributed by atoms with Crippen molar-refractivity contribution in [2.45, 2.75) is 104 Å². The quantitative estimate of drug-likeness (QED) is 0.0380. The number of methoxy groups -OCH3 is 2. The zero-order valence-corrected chi connectivity index (χ0v) is 38.8. The molecule has 13 nitrogen and oxygen atoms in total. The summed E-state index contributed by atoms with van der Waals surface area (Å²) in [6.45, 7) is 12.3. The fraction of sp³-hybridized carbons (Fsp3) is 0.490. The Balaban J connectivity index is 2.06. The minimum absolute atomic E-state index is 0.0464. The SMILES string of the molecule is C=C(C)C(=O)OCCCc1cc(-c2ccc(C3CCC(CCCCC)CC3)cc2F)c(CC)cc1OCC(COC(=O)/C=C/C(=O)OC)(COC(=O)/C=C/C(=O)OC)COC(=O)C(=C)C. The molecule has 14 heteroatoms. The molecule has 0 aliphatic heterocycles. The molecule has 0 atom stereocenters. The average Bonchev–Trinajstić information content (AvgIpc) is 3.30. The van der Waals surface area contributed by atoms with Gasteiger partial charge in [-0.1, -0.05) is 64.8 Å². The van der Waals surface area contributed by atoms with Crippen molar-refractivity contribution in [3.8, 4) is 16.9 Å². The fourth-order valence-corrected chi connectivity index (χ4v) is 7.34. The molecule has 1 aliphatic rings. The second-order valence-corrected chi connectivity index (χ2v) is 16.5. The van der Waals surface area contributed by atoms with E-state index in [-0.39, 0.29) is 23.6 Å². The number of esters is 6. The van der Waals surface area contributed by atoms with Gasteiger partial charge in [0.2, 0.25) is 0 Å². The summed E-state index contributed by atoms with van der Waals surface area (Å²) >= 11 is 0. The molecular weight excluding hydrogens is 840 g/mol. The molecule has 0 heterocycles. The Hall–Kier alpha value is -6.05. The first-order valence-corrected chi connectivity index (χ1v) is 22.1. The molecule has 0 bridgehead atoms. The van der Waals surface area contributed by atoms with E-state index in [1.807, 2.05) is 25.1 Å². The largest absolute Gasteiger partial charge is 0.492 e. The minimum Gasteiger partial charge on any atom is -0.492 e. The van der Waals surface area contributed by atoms with Crippen molar-refractivity contribution in [2.24, 2.45) is 11.3 Å². The third kappa shape index (κ3) is 17.8. The van der Waals surface area contributed by atoms with Crippen LogP contribution in [0, 0.1) is 17.2 Å². The Labute approximate surface area is 382 Å². The molecule has 2 aromatic rings. The number of ether oxygens (including phenoxy) is 7. The highest BCUT2D eigenvalue weighted by atomic mass is 19.1. The van der Waals surface area contributed by atoms with E-state index in [0.29, 0.717) is 47.6 Å². The Bertz CT molecular complexity index is 2020. The van der Waals surface area contributed by atoms with Crippen LogP contribution in [0.2, 0.25) is 0 Å². The summed E-state index contributed by atoms with van der Waals surface area (Å²) in [7, 11) is 2.26. The van der Waals surface area contributed by atoms with Crippen molar-refractivity contribution in [3.05, 3.63) is 101 Å². The minimum atomic E-state index is -1.61. The smallest absolute Gasteiger partial charge is 0.333 e. The van der Waals surface area contributed by atoms with Gasteiger partial charge in [-0.05, 0) is 111 Å². The lowest BCUT2D eigenvalue weighted by molar-refractivity contribution is -0.159. The lowest BCUT2D eigenvalue weighted by atomic mass is 9.76. The molecular formula is C51H65FO13. The standard InChI is InChI=1S/C51H65FO13/c1-9-11-12-14-36-16-18-38(19-17-36)39-20-21-41(43(52)28-39)42-27-40(15-13-26-61-49(57)34(3)4)44(29-37(42)10-2)62-30-51(33-65-50(58)35(5)6,31-63-47(55)24-22-45(53)59-7)32-64-48(56)25-23-46(54)60-8/h20-25,27-29,36,38H,3,5,9-19,26,30-33H2,1-2,4,6-8H3/b24-22+,25-23+. The Kier molecular flexibility index (Phi) is 22.4. The van der Waals surface area contributed by atoms with Gasteiger partial charge < -0.3 is 33.2 Å². The van der Waals surface area contributed by atoms with E-state index >= 15 is 4.39 Å². The van der Waals surface area contributed by atoms with Crippen LogP contribution in [0.4, 0.5) is 4.39 Å². The second-order valence-electron chi connectivity index (χ2n) is 16.5. The van der Waals surface area contributed by atoms with Crippen LogP contribution in [-0.2, 0) is 70.0 Å². The first kappa shape index (κ1) is 53.3. The van der Waals surface area contributed by atoms with Gasteiger partial charge in [-0.3, -0.25) is 0 Å². The van der Waals surface area contributed by atoms with E-state index in [4.69, 9.17) is 23.7 Å². The molecule has 3 rings (SSSR count). The van der Waals surface area contributed by atoms with E-state index in [1.165, 1.54) is 32.6 Å². The predicted octanol–water partition coefficient (Wildman–Crippen LogP) is 8.99. The van der Waals surface area contributed by atoms with Gasteiger partial charge in [0, 0.05) is 41.0 Å². The fourth-order valence-electron chi connectivity index (χ4n) is 7.34. The molecule has 0 N–H and O–H groups in total. The van der Waals surface area contributed by atoms with E-state index in [1.54, 1.807) is 19.1 Å². The maximum Gasteiger partial charge on any atom is 0.333 e. The Morgan fingerprint density at radius 1 is 0.677 bits per heavy atom. The van der Waals surface area contributed by atoms with E-state index in [0.717, 1.165) is 81.3 Å². The van der Waals surface area contributed by atoms with Crippen LogP contribution >= 0.6 is 0 Å². The lowest BCUT2D eigenvalue weighted by Gasteiger charge is -2.32. The molecule has 2 aromatic carbocycles. The van der Waals surface area contributed by atoms with Crippen LogP contribution in [0.3, 0.4) is 0 Å². The molecule has 1 fully saturated rings. The number of hydrogen-bond donors (Lipinski definition) is 0. The summed E-state index contributed by atoms with van der Waals surface area (Å²) in [5.74, 6) is -3.93. The van der Waals surface area contributed by atoms with Crippen molar-refractivity contribution < 1.29 is 66.3 Å². The highest BCUT2D eigenvalue weighted by molar-refractivity contribution is 5.92. The van der Waals surface area contributed by atoms with Gasteiger partial charge in [0.15, 0.2) is 0 Å². The normalized spacial score (nSPS) is 14.9. The molecule has 1 saturated carbocycles. The molecule has 0 unspecified atom stereocenters. The summed E-state index contributed by atoms with van der Waals surface area (Å²) in [6.07, 6.45) is 13.8. The summed E-state index contributed by atoms with van der Waals surface area (Å²) in [5.41, 5.74) is 2.10. The molecule has 0 aromatic heterocycles. The zero-order chi connectivity index (χ0) is 47.9. The lowest BCUT2D eigenvalue weighted by Crippen LogP contribution is -2.44. The number of carbonyl (C=O) groups is 6. The van der Waals surface area contributed by atoms with Crippen LogP contribution in [0.1, 0.15) is 108 Å². The van der Waals surface area contributed by atoms with Crippen LogP contribution in [-0.4, -0.2) is 83.1 Å². The molecule has 354 valence electrons. The topological polar surface area (TPSA) is 167 Å². The number of halogens is 1. The van der Waals surface area contributed by atoms with Gasteiger partial charge in [-0.2, -0.15) is 0 Å². The summed E-state index contributed by atoms with van der Waals surface area (Å²) in [4.78, 5) is 73.9. The summed E-state index contributed by atoms with van der Waals surface area (Å²) < 4.78 is 53.8. The van der Waals surface area contributed by atoms with Gasteiger partial charge >= 0.3 is 35.8 Å². The number of aryl methyl sites for hydroxylation is 2. The summed E-state index contributed by atoms with van der Waals surface area (Å²) in [6, 6.07) is 9.12. The Morgan fingerprint density at radius 3 is 1.78 bits per heavy atom. The van der Waals surface area contributed by atoms with Crippen molar-refractivity contribution >= 4 is 35.8 Å². The van der Waals surface area contributed by atoms with Crippen LogP contribution < -0.4 is 4.74 Å². The van der Waals surface area contributed by atoms with Crippen LogP contribution in [0.5, 0.6) is 5.75 Å². The van der Waals surface area contributed by atoms with Gasteiger partial charge in [0.1, 0.15) is 43.4 Å². The average molecular weight is 905 g/mol. The zero-order valence-electron chi connectivity index (χ0n) is 38.8. The maximum absolute atomic E-state index is 16.4. The highest BCUT2D eigenvalue weighted by Crippen LogP contribution is 2.40. The number of benzene rings is 2. The van der Waals surface area contributed by atoms with E-state index in [9.17, 15) is 28.8 Å². The second kappa shape index (κ2) is 27.3. The van der Waals surface area contributed by atoms with Crippen molar-refractivity contribution in [1.82, 2.24) is 0 Å². The number of carbonyl (C=O) groups excluding carboxylic acids is 6.